The van der Waals surface area contributed by atoms with Crippen molar-refractivity contribution in [1.29, 1.82) is 10.5 Å². The second-order valence-corrected chi connectivity index (χ2v) is 8.55. The van der Waals surface area contributed by atoms with Crippen LogP contribution in [0.15, 0.2) is 46.5 Å². The smallest absolute Gasteiger partial charge is 0.369 e. The van der Waals surface area contributed by atoms with E-state index in [9.17, 15) is 24.1 Å². The summed E-state index contributed by atoms with van der Waals surface area (Å²) in [6, 6.07) is 12.3. The van der Waals surface area contributed by atoms with E-state index >= 15 is 0 Å². The monoisotopic (exact) mass is 491 g/mol. The number of pyridine rings is 3. The van der Waals surface area contributed by atoms with Crippen LogP contribution in [-0.2, 0) is 11.9 Å². The van der Waals surface area contributed by atoms with Crippen LogP contribution in [0.5, 0.6) is 0 Å². The Balaban J connectivity index is 1.65. The molecule has 1 saturated carbocycles. The van der Waals surface area contributed by atoms with Gasteiger partial charge in [0.1, 0.15) is 34.6 Å². The molecule has 0 aliphatic heterocycles. The Bertz CT molecular complexity index is 1430. The van der Waals surface area contributed by atoms with Crippen LogP contribution < -0.4 is 10.5 Å². The molecule has 3 heterocycles. The van der Waals surface area contributed by atoms with Crippen molar-refractivity contribution < 1.29 is 13.6 Å². The second-order valence-electron chi connectivity index (χ2n) is 8.55. The lowest BCUT2D eigenvalue weighted by atomic mass is 9.81. The quantitative estimate of drug-likeness (QED) is 0.381. The molecule has 0 unspecified atom stereocenters. The first-order valence-corrected chi connectivity index (χ1v) is 11.4. The molecule has 1 aliphatic rings. The maximum absolute atomic E-state index is 12.9. The van der Waals surface area contributed by atoms with Crippen LogP contribution in [0.4, 0.5) is 14.5 Å². The Labute approximate surface area is 205 Å². The molecule has 3 aromatic heterocycles. The van der Waals surface area contributed by atoms with E-state index in [1.165, 1.54) is 10.6 Å². The predicted molar refractivity (Wildman–Crippen MR) is 128 cm³/mol. The number of hydrogen-bond donors (Lipinski definition) is 0. The fourth-order valence-electron chi connectivity index (χ4n) is 4.76. The third-order valence-electron chi connectivity index (χ3n) is 6.58. The Morgan fingerprint density at radius 1 is 1.19 bits per heavy atom. The fraction of sp³-hybridized carbons (Fsp3) is 0.360. The van der Waals surface area contributed by atoms with Crippen LogP contribution in [-0.4, -0.2) is 39.9 Å². The van der Waals surface area contributed by atoms with Crippen LogP contribution in [0, 0.1) is 28.6 Å². The van der Waals surface area contributed by atoms with Crippen molar-refractivity contribution in [2.24, 2.45) is 18.1 Å². The van der Waals surface area contributed by atoms with Crippen molar-refractivity contribution in [2.75, 3.05) is 11.9 Å². The largest absolute Gasteiger partial charge is 0.407 e. The van der Waals surface area contributed by atoms with E-state index in [1.54, 1.807) is 44.6 Å². The average Bonchev–Trinajstić information content (AvgIpc) is 2.90. The van der Waals surface area contributed by atoms with Crippen molar-refractivity contribution >= 4 is 22.4 Å². The summed E-state index contributed by atoms with van der Waals surface area (Å²) in [6.45, 7) is -3.03. The number of rotatable bonds is 6. The van der Waals surface area contributed by atoms with E-state index < -0.39 is 12.2 Å². The van der Waals surface area contributed by atoms with Gasteiger partial charge < -0.3 is 14.3 Å². The van der Waals surface area contributed by atoms with E-state index in [0.29, 0.717) is 53.8 Å². The molecule has 0 saturated heterocycles. The van der Waals surface area contributed by atoms with Gasteiger partial charge in [0, 0.05) is 32.3 Å². The SMILES string of the molecule is CN(c1c(C#N)c(=O)n(C)c2ccc(C#N)nc12)C1CCC(/C(=N/OC(F)F)c2ccccn2)CC1. The van der Waals surface area contributed by atoms with Gasteiger partial charge in [0.05, 0.1) is 16.9 Å². The van der Waals surface area contributed by atoms with Gasteiger partial charge in [-0.3, -0.25) is 9.78 Å². The third kappa shape index (κ3) is 4.73. The number of halogens is 2. The number of aryl methyl sites for hydroxylation is 1. The zero-order valence-electron chi connectivity index (χ0n) is 19.7. The molecule has 0 radical (unpaired) electrons. The minimum Gasteiger partial charge on any atom is -0.369 e. The second kappa shape index (κ2) is 10.5. The van der Waals surface area contributed by atoms with Crippen LogP contribution >= 0.6 is 0 Å². The number of nitriles is 2. The molecule has 4 rings (SSSR count). The highest BCUT2D eigenvalue weighted by atomic mass is 19.3. The number of nitrogens with zero attached hydrogens (tertiary/aromatic N) is 7. The Hall–Kier alpha value is -4.38. The van der Waals surface area contributed by atoms with Crippen molar-refractivity contribution in [2.45, 2.75) is 38.3 Å². The van der Waals surface area contributed by atoms with E-state index in [-0.39, 0.29) is 23.2 Å². The molecule has 0 aromatic carbocycles. The zero-order valence-corrected chi connectivity index (χ0v) is 19.7. The molecular weight excluding hydrogens is 468 g/mol. The number of fused-ring (bicyclic) bond motifs is 1. The molecule has 0 bridgehead atoms. The highest BCUT2D eigenvalue weighted by Gasteiger charge is 2.31. The molecule has 3 aromatic rings. The zero-order chi connectivity index (χ0) is 25.8. The summed E-state index contributed by atoms with van der Waals surface area (Å²) in [5.74, 6) is -0.151. The van der Waals surface area contributed by atoms with Gasteiger partial charge in [-0.15, -0.1) is 0 Å². The number of hydrogen-bond acceptors (Lipinski definition) is 8. The number of oxime groups is 1. The minimum absolute atomic E-state index is 0.0433. The lowest BCUT2D eigenvalue weighted by Crippen LogP contribution is -2.39. The number of alkyl halides is 2. The highest BCUT2D eigenvalue weighted by molar-refractivity contribution is 6.00. The average molecular weight is 492 g/mol. The van der Waals surface area contributed by atoms with Gasteiger partial charge in [-0.25, -0.2) is 4.98 Å². The van der Waals surface area contributed by atoms with Crippen molar-refractivity contribution in [3.05, 3.63) is 63.8 Å². The summed E-state index contributed by atoms with van der Waals surface area (Å²) in [4.78, 5) is 27.7. The summed E-state index contributed by atoms with van der Waals surface area (Å²) in [7, 11) is 3.36. The molecule has 184 valence electrons. The van der Waals surface area contributed by atoms with Crippen LogP contribution in [0.3, 0.4) is 0 Å². The minimum atomic E-state index is -3.03. The lowest BCUT2D eigenvalue weighted by Gasteiger charge is -2.36. The summed E-state index contributed by atoms with van der Waals surface area (Å²) >= 11 is 0. The topological polar surface area (TPSA) is 120 Å². The molecule has 9 nitrogen and oxygen atoms in total. The van der Waals surface area contributed by atoms with E-state index in [1.807, 2.05) is 17.0 Å². The first-order valence-electron chi connectivity index (χ1n) is 11.4. The molecule has 11 heteroatoms. The third-order valence-corrected chi connectivity index (χ3v) is 6.58. The van der Waals surface area contributed by atoms with Crippen molar-refractivity contribution in [3.8, 4) is 12.1 Å². The van der Waals surface area contributed by atoms with E-state index in [2.05, 4.69) is 20.0 Å². The van der Waals surface area contributed by atoms with Gasteiger partial charge in [0.2, 0.25) is 0 Å². The lowest BCUT2D eigenvalue weighted by molar-refractivity contribution is -0.128. The maximum atomic E-state index is 12.9. The van der Waals surface area contributed by atoms with Gasteiger partial charge in [0.25, 0.3) is 5.56 Å². The van der Waals surface area contributed by atoms with Gasteiger partial charge in [-0.2, -0.15) is 19.3 Å². The van der Waals surface area contributed by atoms with Crippen molar-refractivity contribution in [1.82, 2.24) is 14.5 Å². The standard InChI is InChI=1S/C25H23F2N7O2/c1-33(23-18(14-29)24(35)34(2)20-11-8-16(13-28)31-22(20)23)17-9-6-15(7-10-17)21(32-36-25(26)27)19-5-3-4-12-30-19/h3-5,8,11-12,15,17,25H,6-7,9-10H2,1-2H3/b32-21-. The summed E-state index contributed by atoms with van der Waals surface area (Å²) < 4.78 is 26.8. The van der Waals surface area contributed by atoms with Gasteiger partial charge in [0.15, 0.2) is 0 Å². The first-order chi connectivity index (χ1) is 17.3. The Morgan fingerprint density at radius 3 is 2.56 bits per heavy atom. The van der Waals surface area contributed by atoms with Crippen molar-refractivity contribution in [3.63, 3.8) is 0 Å². The van der Waals surface area contributed by atoms with Crippen LogP contribution in [0.2, 0.25) is 0 Å². The number of anilines is 1. The van der Waals surface area contributed by atoms with Gasteiger partial charge >= 0.3 is 6.61 Å². The first kappa shape index (κ1) is 24.7. The molecule has 1 fully saturated rings. The molecule has 0 amide bonds. The molecule has 1 aliphatic carbocycles. The normalized spacial score (nSPS) is 18.0. The number of aromatic nitrogens is 3. The predicted octanol–water partition coefficient (Wildman–Crippen LogP) is 3.71. The molecular formula is C25H23F2N7O2. The molecule has 0 atom stereocenters. The summed E-state index contributed by atoms with van der Waals surface area (Å²) in [6.07, 6.45) is 4.07. The van der Waals surface area contributed by atoms with Crippen LogP contribution in [0.1, 0.15) is 42.6 Å². The van der Waals surface area contributed by atoms with E-state index in [4.69, 9.17) is 0 Å². The molecule has 36 heavy (non-hydrogen) atoms. The summed E-state index contributed by atoms with van der Waals surface area (Å²) in [5, 5.41) is 22.9. The Morgan fingerprint density at radius 2 is 1.94 bits per heavy atom. The summed E-state index contributed by atoms with van der Waals surface area (Å²) in [5.41, 5.74) is 1.84. The highest BCUT2D eigenvalue weighted by Crippen LogP contribution is 2.35. The Kier molecular flexibility index (Phi) is 7.20. The fourth-order valence-corrected chi connectivity index (χ4v) is 4.76. The van der Waals surface area contributed by atoms with E-state index in [0.717, 1.165) is 0 Å². The van der Waals surface area contributed by atoms with Gasteiger partial charge in [-0.05, 0) is 49.9 Å². The van der Waals surface area contributed by atoms with Gasteiger partial charge in [-0.1, -0.05) is 11.2 Å². The maximum Gasteiger partial charge on any atom is 0.407 e. The molecule has 0 N–H and O–H groups in total. The molecule has 0 spiro atoms. The van der Waals surface area contributed by atoms with Crippen LogP contribution in [0.25, 0.3) is 11.0 Å².